The number of anilines is 1. The fraction of sp³-hybridized carbons (Fsp3) is 0.667. The lowest BCUT2D eigenvalue weighted by Crippen LogP contribution is -2.44. The molecule has 1 aromatic heterocycles. The van der Waals surface area contributed by atoms with Crippen molar-refractivity contribution in [1.82, 2.24) is 9.97 Å². The van der Waals surface area contributed by atoms with Crippen LogP contribution in [-0.4, -0.2) is 33.6 Å². The number of rotatable bonds is 2. The maximum atomic E-state index is 5.66. The molecule has 1 aliphatic heterocycles. The zero-order chi connectivity index (χ0) is 12.5. The van der Waals surface area contributed by atoms with Gasteiger partial charge < -0.3 is 10.6 Å². The molecular formula is C12H20N4S. The second kappa shape index (κ2) is 4.82. The predicted molar refractivity (Wildman–Crippen MR) is 73.4 cm³/mol. The largest absolute Gasteiger partial charge is 0.339 e. The van der Waals surface area contributed by atoms with Gasteiger partial charge in [-0.2, -0.15) is 11.8 Å². The highest BCUT2D eigenvalue weighted by atomic mass is 32.2. The first-order chi connectivity index (χ1) is 8.00. The number of nitrogens with two attached hydrogens (primary N) is 1. The summed E-state index contributed by atoms with van der Waals surface area (Å²) in [6, 6.07) is 1.95. The standard InChI is InChI=1S/C12H20N4S/c1-9-6-10(7-13)15-11(14-9)16-4-5-17-12(2,3)8-16/h6H,4-5,7-8,13H2,1-3H3. The van der Waals surface area contributed by atoms with Gasteiger partial charge in [-0.1, -0.05) is 0 Å². The van der Waals surface area contributed by atoms with E-state index < -0.39 is 0 Å². The molecular weight excluding hydrogens is 232 g/mol. The van der Waals surface area contributed by atoms with Gasteiger partial charge in [-0.15, -0.1) is 0 Å². The second-order valence-electron chi connectivity index (χ2n) is 5.03. The van der Waals surface area contributed by atoms with Crippen molar-refractivity contribution in [3.63, 3.8) is 0 Å². The van der Waals surface area contributed by atoms with Crippen LogP contribution in [0.3, 0.4) is 0 Å². The SMILES string of the molecule is Cc1cc(CN)nc(N2CCSC(C)(C)C2)n1. The van der Waals surface area contributed by atoms with Crippen molar-refractivity contribution in [1.29, 1.82) is 0 Å². The van der Waals surface area contributed by atoms with E-state index in [0.29, 0.717) is 6.54 Å². The molecule has 0 atom stereocenters. The van der Waals surface area contributed by atoms with Crippen LogP contribution in [0.25, 0.3) is 0 Å². The van der Waals surface area contributed by atoms with Gasteiger partial charge in [0, 0.05) is 35.8 Å². The molecule has 1 aromatic rings. The minimum Gasteiger partial charge on any atom is -0.339 e. The van der Waals surface area contributed by atoms with Gasteiger partial charge in [0.2, 0.25) is 5.95 Å². The number of thioether (sulfide) groups is 1. The van der Waals surface area contributed by atoms with Crippen LogP contribution >= 0.6 is 11.8 Å². The van der Waals surface area contributed by atoms with Gasteiger partial charge in [-0.25, -0.2) is 9.97 Å². The van der Waals surface area contributed by atoms with Gasteiger partial charge in [0.05, 0.1) is 5.69 Å². The van der Waals surface area contributed by atoms with Gasteiger partial charge in [0.15, 0.2) is 0 Å². The van der Waals surface area contributed by atoms with Crippen LogP contribution in [0.5, 0.6) is 0 Å². The summed E-state index contributed by atoms with van der Waals surface area (Å²) < 4.78 is 0.272. The normalized spacial score (nSPS) is 19.4. The van der Waals surface area contributed by atoms with Crippen molar-refractivity contribution in [3.05, 3.63) is 17.5 Å². The summed E-state index contributed by atoms with van der Waals surface area (Å²) in [5.41, 5.74) is 7.57. The molecule has 2 rings (SSSR count). The van der Waals surface area contributed by atoms with E-state index in [4.69, 9.17) is 5.73 Å². The number of aromatic nitrogens is 2. The second-order valence-corrected chi connectivity index (χ2v) is 6.84. The average Bonchev–Trinajstić information content (AvgIpc) is 2.27. The van der Waals surface area contributed by atoms with Gasteiger partial charge in [-0.05, 0) is 26.8 Å². The molecule has 1 saturated heterocycles. The molecule has 4 nitrogen and oxygen atoms in total. The number of nitrogens with zero attached hydrogens (tertiary/aromatic N) is 3. The lowest BCUT2D eigenvalue weighted by atomic mass is 10.2. The third-order valence-electron chi connectivity index (χ3n) is 2.81. The minimum atomic E-state index is 0.272. The molecule has 0 saturated carbocycles. The summed E-state index contributed by atoms with van der Waals surface area (Å²) in [6.45, 7) is 9.01. The molecule has 0 bridgehead atoms. The third kappa shape index (κ3) is 3.10. The van der Waals surface area contributed by atoms with E-state index in [-0.39, 0.29) is 4.75 Å². The lowest BCUT2D eigenvalue weighted by Gasteiger charge is -2.37. The molecule has 0 radical (unpaired) electrons. The van der Waals surface area contributed by atoms with Gasteiger partial charge in [0.25, 0.3) is 0 Å². The van der Waals surface area contributed by atoms with Crippen LogP contribution in [0.4, 0.5) is 5.95 Å². The Balaban J connectivity index is 2.24. The molecule has 0 aliphatic carbocycles. The summed E-state index contributed by atoms with van der Waals surface area (Å²) in [5, 5.41) is 0. The Morgan fingerprint density at radius 2 is 2.24 bits per heavy atom. The number of aryl methyl sites for hydroxylation is 1. The molecule has 17 heavy (non-hydrogen) atoms. The highest BCUT2D eigenvalue weighted by Gasteiger charge is 2.28. The van der Waals surface area contributed by atoms with Crippen molar-refractivity contribution in [2.45, 2.75) is 32.1 Å². The predicted octanol–water partition coefficient (Wildman–Crippen LogP) is 1.58. The summed E-state index contributed by atoms with van der Waals surface area (Å²) >= 11 is 2.01. The first-order valence-electron chi connectivity index (χ1n) is 5.94. The third-order valence-corrected chi connectivity index (χ3v) is 4.11. The first-order valence-corrected chi connectivity index (χ1v) is 6.92. The molecule has 1 fully saturated rings. The van der Waals surface area contributed by atoms with E-state index >= 15 is 0 Å². The molecule has 0 spiro atoms. The molecule has 0 aromatic carbocycles. The fourth-order valence-electron chi connectivity index (χ4n) is 2.05. The first kappa shape index (κ1) is 12.6. The van der Waals surface area contributed by atoms with E-state index in [1.807, 2.05) is 24.8 Å². The summed E-state index contributed by atoms with van der Waals surface area (Å²) in [6.07, 6.45) is 0. The zero-order valence-corrected chi connectivity index (χ0v) is 11.5. The van der Waals surface area contributed by atoms with E-state index in [0.717, 1.165) is 36.2 Å². The van der Waals surface area contributed by atoms with E-state index in [1.165, 1.54) is 0 Å². The van der Waals surface area contributed by atoms with E-state index in [2.05, 4.69) is 28.7 Å². The quantitative estimate of drug-likeness (QED) is 0.866. The summed E-state index contributed by atoms with van der Waals surface area (Å²) in [5.74, 6) is 1.96. The van der Waals surface area contributed by atoms with Crippen molar-refractivity contribution in [2.24, 2.45) is 5.73 Å². The van der Waals surface area contributed by atoms with Crippen molar-refractivity contribution in [3.8, 4) is 0 Å². The zero-order valence-electron chi connectivity index (χ0n) is 10.7. The lowest BCUT2D eigenvalue weighted by molar-refractivity contribution is 0.633. The highest BCUT2D eigenvalue weighted by molar-refractivity contribution is 8.00. The number of hydrogen-bond acceptors (Lipinski definition) is 5. The number of hydrogen-bond donors (Lipinski definition) is 1. The Hall–Kier alpha value is -0.810. The smallest absolute Gasteiger partial charge is 0.225 e. The topological polar surface area (TPSA) is 55.0 Å². The van der Waals surface area contributed by atoms with Crippen molar-refractivity contribution in [2.75, 3.05) is 23.7 Å². The van der Waals surface area contributed by atoms with Crippen LogP contribution in [0, 0.1) is 6.92 Å². The van der Waals surface area contributed by atoms with E-state index in [9.17, 15) is 0 Å². The Kier molecular flexibility index (Phi) is 3.58. The molecule has 94 valence electrons. The highest BCUT2D eigenvalue weighted by Crippen LogP contribution is 2.31. The summed E-state index contributed by atoms with van der Waals surface area (Å²) in [4.78, 5) is 11.3. The Bertz CT molecular complexity index is 405. The van der Waals surface area contributed by atoms with Crippen molar-refractivity contribution >= 4 is 17.7 Å². The fourth-order valence-corrected chi connectivity index (χ4v) is 3.16. The minimum absolute atomic E-state index is 0.272. The van der Waals surface area contributed by atoms with Gasteiger partial charge in [0.1, 0.15) is 0 Å². The van der Waals surface area contributed by atoms with Gasteiger partial charge in [-0.3, -0.25) is 0 Å². The van der Waals surface area contributed by atoms with E-state index in [1.54, 1.807) is 0 Å². The Morgan fingerprint density at radius 1 is 1.47 bits per heavy atom. The maximum absolute atomic E-state index is 5.66. The van der Waals surface area contributed by atoms with Gasteiger partial charge >= 0.3 is 0 Å². The van der Waals surface area contributed by atoms with Crippen LogP contribution < -0.4 is 10.6 Å². The molecule has 0 unspecified atom stereocenters. The molecule has 0 amide bonds. The van der Waals surface area contributed by atoms with Crippen LogP contribution in [0.2, 0.25) is 0 Å². The van der Waals surface area contributed by atoms with Crippen LogP contribution in [0.1, 0.15) is 25.2 Å². The molecule has 2 heterocycles. The van der Waals surface area contributed by atoms with Crippen LogP contribution in [-0.2, 0) is 6.54 Å². The van der Waals surface area contributed by atoms with Crippen molar-refractivity contribution < 1.29 is 0 Å². The average molecular weight is 252 g/mol. The molecule has 2 N–H and O–H groups in total. The maximum Gasteiger partial charge on any atom is 0.225 e. The Morgan fingerprint density at radius 3 is 2.88 bits per heavy atom. The molecule has 1 aliphatic rings. The monoisotopic (exact) mass is 252 g/mol. The Labute approximate surface area is 107 Å². The summed E-state index contributed by atoms with van der Waals surface area (Å²) in [7, 11) is 0. The molecule has 5 heteroatoms. The van der Waals surface area contributed by atoms with Crippen LogP contribution in [0.15, 0.2) is 6.07 Å².